The average molecular weight is 728 g/mol. The Bertz CT molecular complexity index is 2170. The third-order valence-corrected chi connectivity index (χ3v) is 10.6. The van der Waals surface area contributed by atoms with Gasteiger partial charge >= 0.3 is 0 Å². The number of aromatic nitrogens is 3. The Labute approximate surface area is 306 Å². The fourth-order valence-electron chi connectivity index (χ4n) is 7.00. The topological polar surface area (TPSA) is 119 Å². The lowest BCUT2D eigenvalue weighted by molar-refractivity contribution is -0.119. The zero-order valence-corrected chi connectivity index (χ0v) is 30.3. The summed E-state index contributed by atoms with van der Waals surface area (Å²) >= 11 is 14.2. The van der Waals surface area contributed by atoms with Crippen molar-refractivity contribution in [2.75, 3.05) is 20.8 Å². The summed E-state index contributed by atoms with van der Waals surface area (Å²) in [5.74, 6) is 1.61. The fourth-order valence-corrected chi connectivity index (χ4v) is 7.66. The molecule has 2 aliphatic rings. The molecule has 2 fully saturated rings. The molecule has 1 atom stereocenters. The fraction of sp³-hybridized carbons (Fsp3) is 0.333. The van der Waals surface area contributed by atoms with Gasteiger partial charge in [0.1, 0.15) is 5.65 Å². The van der Waals surface area contributed by atoms with E-state index in [4.69, 9.17) is 42.6 Å². The van der Waals surface area contributed by atoms with Crippen molar-refractivity contribution in [2.24, 2.45) is 5.92 Å². The molecule has 12 heteroatoms. The van der Waals surface area contributed by atoms with E-state index in [9.17, 15) is 9.59 Å². The molecule has 1 aliphatic heterocycles. The zero-order chi connectivity index (χ0) is 35.6. The quantitative estimate of drug-likeness (QED) is 0.131. The van der Waals surface area contributed by atoms with Gasteiger partial charge in [0, 0.05) is 72.2 Å². The zero-order valence-electron chi connectivity index (χ0n) is 28.8. The van der Waals surface area contributed by atoms with E-state index in [0.717, 1.165) is 52.6 Å². The van der Waals surface area contributed by atoms with Crippen LogP contribution in [0.2, 0.25) is 10.0 Å². The Hall–Kier alpha value is -4.48. The van der Waals surface area contributed by atoms with Crippen molar-refractivity contribution in [1.29, 1.82) is 0 Å². The van der Waals surface area contributed by atoms with Crippen molar-refractivity contribution >= 4 is 34.8 Å². The molecule has 10 nitrogen and oxygen atoms in total. The van der Waals surface area contributed by atoms with Crippen LogP contribution in [0.5, 0.6) is 11.8 Å². The number of fused-ring (bicyclic) bond motifs is 1. The summed E-state index contributed by atoms with van der Waals surface area (Å²) in [6, 6.07) is 19.7. The first-order valence-corrected chi connectivity index (χ1v) is 17.9. The summed E-state index contributed by atoms with van der Waals surface area (Å²) in [5, 5.41) is 10.9. The molecule has 7 rings (SSSR count). The predicted molar refractivity (Wildman–Crippen MR) is 201 cm³/mol. The van der Waals surface area contributed by atoms with Gasteiger partial charge in [-0.1, -0.05) is 72.6 Å². The largest absolute Gasteiger partial charge is 0.481 e. The smallest absolute Gasteiger partial charge is 0.266 e. The number of amides is 1. The van der Waals surface area contributed by atoms with Crippen LogP contribution in [-0.4, -0.2) is 53.1 Å². The highest BCUT2D eigenvalue weighted by molar-refractivity contribution is 6.39. The monoisotopic (exact) mass is 726 g/mol. The Balaban J connectivity index is 1.15. The van der Waals surface area contributed by atoms with E-state index >= 15 is 0 Å². The van der Waals surface area contributed by atoms with Crippen molar-refractivity contribution in [3.63, 3.8) is 0 Å². The molecule has 3 N–H and O–H groups in total. The van der Waals surface area contributed by atoms with Crippen LogP contribution < -0.4 is 31.0 Å². The second-order valence-corrected chi connectivity index (χ2v) is 14.1. The van der Waals surface area contributed by atoms with Crippen molar-refractivity contribution in [1.82, 2.24) is 30.3 Å². The summed E-state index contributed by atoms with van der Waals surface area (Å²) in [6.45, 7) is 3.85. The number of hydrogen-bond acceptors (Lipinski definition) is 8. The van der Waals surface area contributed by atoms with Gasteiger partial charge in [-0.3, -0.25) is 14.0 Å². The van der Waals surface area contributed by atoms with Crippen molar-refractivity contribution in [3.8, 4) is 45.3 Å². The lowest BCUT2D eigenvalue weighted by Gasteiger charge is -2.33. The highest BCUT2D eigenvalue weighted by Crippen LogP contribution is 2.42. The SMILES string of the molecule is COc1nc(-c2cccc(-c3cccc(-c4ccn5c(=O)c(CNC6CC(C)C6)c(OC)nc5c4)c3Cl)c2Cl)ccc1CNC[C@@H]1CCC(=O)N1. The molecule has 2 aromatic carbocycles. The summed E-state index contributed by atoms with van der Waals surface area (Å²) < 4.78 is 12.8. The van der Waals surface area contributed by atoms with Gasteiger partial charge in [0.15, 0.2) is 0 Å². The van der Waals surface area contributed by atoms with Crippen LogP contribution in [0, 0.1) is 5.92 Å². The van der Waals surface area contributed by atoms with E-state index in [2.05, 4.69) is 22.9 Å². The van der Waals surface area contributed by atoms with E-state index in [-0.39, 0.29) is 17.5 Å². The van der Waals surface area contributed by atoms with Gasteiger partial charge in [-0.25, -0.2) is 4.98 Å². The molecule has 1 saturated heterocycles. The van der Waals surface area contributed by atoms with Gasteiger partial charge in [0.2, 0.25) is 17.7 Å². The van der Waals surface area contributed by atoms with E-state index in [0.29, 0.717) is 76.7 Å². The van der Waals surface area contributed by atoms with Gasteiger partial charge in [-0.2, -0.15) is 4.98 Å². The molecule has 1 saturated carbocycles. The summed E-state index contributed by atoms with van der Waals surface area (Å²) in [4.78, 5) is 34.6. The van der Waals surface area contributed by atoms with Gasteiger partial charge < -0.3 is 25.4 Å². The number of rotatable bonds is 12. The first-order valence-electron chi connectivity index (χ1n) is 17.2. The second-order valence-electron chi connectivity index (χ2n) is 13.3. The summed E-state index contributed by atoms with van der Waals surface area (Å²) in [6.07, 6.45) is 5.33. The Kier molecular flexibility index (Phi) is 10.3. The first-order chi connectivity index (χ1) is 24.7. The summed E-state index contributed by atoms with van der Waals surface area (Å²) in [5.41, 5.74) is 6.16. The lowest BCUT2D eigenvalue weighted by atomic mass is 9.82. The summed E-state index contributed by atoms with van der Waals surface area (Å²) in [7, 11) is 3.13. The highest BCUT2D eigenvalue weighted by atomic mass is 35.5. The van der Waals surface area contributed by atoms with Gasteiger partial charge in [0.25, 0.3) is 5.56 Å². The van der Waals surface area contributed by atoms with E-state index in [1.54, 1.807) is 17.7 Å². The number of halogens is 2. The molecular weight excluding hydrogens is 687 g/mol. The molecule has 0 unspecified atom stereocenters. The molecule has 264 valence electrons. The minimum Gasteiger partial charge on any atom is -0.481 e. The maximum atomic E-state index is 13.5. The Morgan fingerprint density at radius 1 is 0.882 bits per heavy atom. The number of pyridine rings is 2. The number of nitrogens with zero attached hydrogens (tertiary/aromatic N) is 3. The van der Waals surface area contributed by atoms with Crippen LogP contribution in [0.15, 0.2) is 71.7 Å². The number of hydrogen-bond donors (Lipinski definition) is 3. The van der Waals surface area contributed by atoms with Crippen molar-refractivity contribution in [3.05, 3.63) is 98.4 Å². The maximum absolute atomic E-state index is 13.5. The minimum atomic E-state index is -0.166. The van der Waals surface area contributed by atoms with Crippen LogP contribution in [0.1, 0.15) is 43.7 Å². The number of carbonyl (C=O) groups is 1. The van der Waals surface area contributed by atoms with Gasteiger partial charge in [-0.05, 0) is 48.9 Å². The minimum absolute atomic E-state index is 0.0956. The molecular formula is C39H40Cl2N6O4. The molecule has 3 aromatic heterocycles. The van der Waals surface area contributed by atoms with Gasteiger partial charge in [0.05, 0.1) is 35.5 Å². The number of benzene rings is 2. The van der Waals surface area contributed by atoms with Crippen LogP contribution in [0.25, 0.3) is 39.2 Å². The van der Waals surface area contributed by atoms with Crippen molar-refractivity contribution < 1.29 is 14.3 Å². The second kappa shape index (κ2) is 15.0. The number of ether oxygens (including phenoxy) is 2. The third kappa shape index (κ3) is 7.19. The van der Waals surface area contributed by atoms with Crippen LogP contribution in [0.3, 0.4) is 0 Å². The van der Waals surface area contributed by atoms with E-state index in [1.165, 1.54) is 7.11 Å². The molecule has 5 aromatic rings. The molecule has 4 heterocycles. The van der Waals surface area contributed by atoms with Crippen molar-refractivity contribution in [2.45, 2.75) is 57.8 Å². The normalized spacial score (nSPS) is 18.5. The maximum Gasteiger partial charge on any atom is 0.266 e. The Morgan fingerprint density at radius 2 is 1.59 bits per heavy atom. The van der Waals surface area contributed by atoms with Crippen LogP contribution >= 0.6 is 23.2 Å². The molecule has 0 radical (unpaired) electrons. The van der Waals surface area contributed by atoms with Gasteiger partial charge in [-0.15, -0.1) is 0 Å². The predicted octanol–water partition coefficient (Wildman–Crippen LogP) is 6.67. The Morgan fingerprint density at radius 3 is 2.27 bits per heavy atom. The number of nitrogens with one attached hydrogen (secondary N) is 3. The first kappa shape index (κ1) is 34.9. The van der Waals surface area contributed by atoms with Crippen LogP contribution in [0.4, 0.5) is 0 Å². The third-order valence-electron chi connectivity index (χ3n) is 9.82. The van der Waals surface area contributed by atoms with Crippen LogP contribution in [-0.2, 0) is 17.9 Å². The number of methoxy groups -OCH3 is 2. The molecule has 1 aliphatic carbocycles. The highest BCUT2D eigenvalue weighted by Gasteiger charge is 2.26. The number of carbonyl (C=O) groups excluding carboxylic acids is 1. The molecule has 0 bridgehead atoms. The molecule has 51 heavy (non-hydrogen) atoms. The molecule has 0 spiro atoms. The standard InChI is InChI=1S/C39H40Cl2N6O4/c1-22-16-26(17-22)43-21-31-38(51-3)46-33-18-23(14-15-47(33)39(31)49)27-6-4-7-28(35(27)40)29-8-5-9-30(36(29)41)32-12-10-24(37(45-32)50-2)19-42-20-25-11-13-34(48)44-25/h4-10,12,14-15,18,22,25-26,42-43H,11,13,16-17,19-21H2,1-3H3,(H,44,48)/t22?,25-,26?/m0/s1. The molecule has 1 amide bonds. The average Bonchev–Trinajstić information content (AvgIpc) is 3.54. The van der Waals surface area contributed by atoms with E-state index in [1.807, 2.05) is 60.7 Å². The van der Waals surface area contributed by atoms with E-state index < -0.39 is 0 Å². The lowest BCUT2D eigenvalue weighted by Crippen LogP contribution is -2.40.